The van der Waals surface area contributed by atoms with Gasteiger partial charge in [0.2, 0.25) is 0 Å². The Balaban J connectivity index is 2.52. The Morgan fingerprint density at radius 1 is 1.37 bits per heavy atom. The molecule has 0 aliphatic heterocycles. The number of carbonyl (C=O) groups is 2. The Morgan fingerprint density at radius 3 is 2.42 bits per heavy atom. The number of benzene rings is 1. The van der Waals surface area contributed by atoms with Crippen molar-refractivity contribution in [3.63, 3.8) is 0 Å². The molecule has 6 heteroatoms. The molecule has 0 saturated heterocycles. The van der Waals surface area contributed by atoms with Gasteiger partial charge in [0.25, 0.3) is 0 Å². The zero-order valence-electron chi connectivity index (χ0n) is 10.7. The van der Waals surface area contributed by atoms with Crippen LogP contribution in [0.2, 0.25) is 0 Å². The standard InChI is InChI=1S/C13H16FNO4/c1-13(2,14)10(11(16)17)15-12(18)19-8-9-6-4-3-5-7-9/h3-7,10H,8H2,1-2H3,(H,15,18)(H,16,17)/t10-/m0/s1. The lowest BCUT2D eigenvalue weighted by Crippen LogP contribution is -2.52. The Bertz CT molecular complexity index is 442. The second kappa shape index (κ2) is 6.17. The summed E-state index contributed by atoms with van der Waals surface area (Å²) in [4.78, 5) is 22.3. The number of hydrogen-bond acceptors (Lipinski definition) is 3. The third kappa shape index (κ3) is 4.95. The van der Waals surface area contributed by atoms with E-state index in [0.29, 0.717) is 0 Å². The predicted molar refractivity (Wildman–Crippen MR) is 66.4 cm³/mol. The van der Waals surface area contributed by atoms with Crippen molar-refractivity contribution in [1.29, 1.82) is 0 Å². The third-order valence-corrected chi connectivity index (χ3v) is 2.41. The maximum atomic E-state index is 13.6. The maximum absolute atomic E-state index is 13.6. The van der Waals surface area contributed by atoms with Crippen molar-refractivity contribution >= 4 is 12.1 Å². The predicted octanol–water partition coefficient (Wildman–Crippen LogP) is 2.11. The highest BCUT2D eigenvalue weighted by Gasteiger charge is 2.37. The zero-order valence-corrected chi connectivity index (χ0v) is 10.7. The molecular formula is C13H16FNO4. The van der Waals surface area contributed by atoms with Crippen molar-refractivity contribution in [3.05, 3.63) is 35.9 Å². The summed E-state index contributed by atoms with van der Waals surface area (Å²) in [6, 6.07) is 7.22. The molecule has 0 bridgehead atoms. The largest absolute Gasteiger partial charge is 0.480 e. The molecule has 0 aromatic heterocycles. The summed E-state index contributed by atoms with van der Waals surface area (Å²) >= 11 is 0. The second-order valence-electron chi connectivity index (χ2n) is 4.54. The molecule has 5 nitrogen and oxygen atoms in total. The van der Waals surface area contributed by atoms with Crippen molar-refractivity contribution in [3.8, 4) is 0 Å². The summed E-state index contributed by atoms with van der Waals surface area (Å²) in [6.45, 7) is 2.14. The van der Waals surface area contributed by atoms with Gasteiger partial charge in [0.15, 0.2) is 6.04 Å². The fourth-order valence-electron chi connectivity index (χ4n) is 1.41. The van der Waals surface area contributed by atoms with Crippen LogP contribution in [0.1, 0.15) is 19.4 Å². The van der Waals surface area contributed by atoms with E-state index in [2.05, 4.69) is 0 Å². The molecule has 19 heavy (non-hydrogen) atoms. The fourth-order valence-corrected chi connectivity index (χ4v) is 1.41. The number of carbonyl (C=O) groups excluding carboxylic acids is 1. The van der Waals surface area contributed by atoms with Crippen molar-refractivity contribution in [2.75, 3.05) is 0 Å². The number of hydrogen-bond donors (Lipinski definition) is 2. The quantitative estimate of drug-likeness (QED) is 0.858. The number of alkyl carbamates (subject to hydrolysis) is 1. The van der Waals surface area contributed by atoms with Crippen LogP contribution in [0.25, 0.3) is 0 Å². The highest BCUT2D eigenvalue weighted by Crippen LogP contribution is 2.15. The van der Waals surface area contributed by atoms with Gasteiger partial charge < -0.3 is 15.2 Å². The van der Waals surface area contributed by atoms with Gasteiger partial charge in [-0.05, 0) is 19.4 Å². The van der Waals surface area contributed by atoms with E-state index in [1.54, 1.807) is 24.3 Å². The van der Waals surface area contributed by atoms with Gasteiger partial charge in [0.1, 0.15) is 12.3 Å². The summed E-state index contributed by atoms with van der Waals surface area (Å²) < 4.78 is 18.4. The molecule has 0 aliphatic carbocycles. The van der Waals surface area contributed by atoms with Gasteiger partial charge in [-0.3, -0.25) is 0 Å². The van der Waals surface area contributed by atoms with Crippen LogP contribution in [-0.4, -0.2) is 28.9 Å². The molecule has 0 saturated carbocycles. The number of amides is 1. The molecule has 1 aromatic carbocycles. The number of aliphatic carboxylic acids is 1. The smallest absolute Gasteiger partial charge is 0.408 e. The summed E-state index contributed by atoms with van der Waals surface area (Å²) in [6.07, 6.45) is -0.970. The number of rotatable bonds is 5. The summed E-state index contributed by atoms with van der Waals surface area (Å²) in [5, 5.41) is 10.8. The lowest BCUT2D eigenvalue weighted by molar-refractivity contribution is -0.142. The van der Waals surface area contributed by atoms with Gasteiger partial charge in [-0.25, -0.2) is 14.0 Å². The monoisotopic (exact) mass is 269 g/mol. The number of halogens is 1. The molecule has 1 atom stereocenters. The Labute approximate surface area is 110 Å². The van der Waals surface area contributed by atoms with Crippen LogP contribution in [0.4, 0.5) is 9.18 Å². The lowest BCUT2D eigenvalue weighted by Gasteiger charge is -2.23. The molecule has 1 aromatic rings. The molecule has 1 rings (SSSR count). The van der Waals surface area contributed by atoms with E-state index in [4.69, 9.17) is 9.84 Å². The van der Waals surface area contributed by atoms with E-state index < -0.39 is 23.8 Å². The van der Waals surface area contributed by atoms with Crippen LogP contribution >= 0.6 is 0 Å². The number of ether oxygens (including phenoxy) is 1. The molecule has 1 amide bonds. The highest BCUT2D eigenvalue weighted by atomic mass is 19.1. The molecule has 0 aliphatic rings. The normalized spacial score (nSPS) is 12.6. The first-order chi connectivity index (χ1) is 8.80. The molecule has 104 valence electrons. The van der Waals surface area contributed by atoms with Gasteiger partial charge in [-0.15, -0.1) is 0 Å². The van der Waals surface area contributed by atoms with Gasteiger partial charge >= 0.3 is 12.1 Å². The van der Waals surface area contributed by atoms with Crippen LogP contribution in [-0.2, 0) is 16.1 Å². The number of carboxylic acid groups (broad SMARTS) is 1. The first-order valence-corrected chi connectivity index (χ1v) is 5.69. The SMILES string of the molecule is CC(C)(F)[C@@H](NC(=O)OCc1ccccc1)C(=O)O. The summed E-state index contributed by atoms with van der Waals surface area (Å²) in [5.74, 6) is -1.45. The van der Waals surface area contributed by atoms with Gasteiger partial charge in [0, 0.05) is 0 Å². The van der Waals surface area contributed by atoms with Crippen LogP contribution < -0.4 is 5.32 Å². The Kier molecular flexibility index (Phi) is 4.86. The topological polar surface area (TPSA) is 75.6 Å². The van der Waals surface area contributed by atoms with Gasteiger partial charge in [0.05, 0.1) is 0 Å². The number of carboxylic acids is 1. The molecule has 0 fully saturated rings. The first-order valence-electron chi connectivity index (χ1n) is 5.69. The molecule has 0 unspecified atom stereocenters. The molecule has 0 heterocycles. The molecule has 0 spiro atoms. The van der Waals surface area contributed by atoms with E-state index in [0.717, 1.165) is 19.4 Å². The van der Waals surface area contributed by atoms with E-state index in [1.165, 1.54) is 0 Å². The second-order valence-corrected chi connectivity index (χ2v) is 4.54. The Morgan fingerprint density at radius 2 is 1.95 bits per heavy atom. The summed E-state index contributed by atoms with van der Waals surface area (Å²) in [5.41, 5.74) is -1.33. The first kappa shape index (κ1) is 14.9. The van der Waals surface area contributed by atoms with Crippen LogP contribution in [0, 0.1) is 0 Å². The minimum absolute atomic E-state index is 0.00821. The highest BCUT2D eigenvalue weighted by molar-refractivity contribution is 5.81. The Hall–Kier alpha value is -2.11. The minimum atomic E-state index is -2.09. The maximum Gasteiger partial charge on any atom is 0.408 e. The average molecular weight is 269 g/mol. The third-order valence-electron chi connectivity index (χ3n) is 2.41. The van der Waals surface area contributed by atoms with E-state index in [9.17, 15) is 14.0 Å². The van der Waals surface area contributed by atoms with E-state index in [1.807, 2.05) is 11.4 Å². The number of nitrogens with one attached hydrogen (secondary N) is 1. The summed E-state index contributed by atoms with van der Waals surface area (Å²) in [7, 11) is 0. The lowest BCUT2D eigenvalue weighted by atomic mass is 10.0. The van der Waals surface area contributed by atoms with E-state index in [-0.39, 0.29) is 6.61 Å². The molecule has 0 radical (unpaired) electrons. The van der Waals surface area contributed by atoms with Crippen LogP contribution in [0.5, 0.6) is 0 Å². The van der Waals surface area contributed by atoms with Crippen molar-refractivity contribution < 1.29 is 23.8 Å². The van der Waals surface area contributed by atoms with Gasteiger partial charge in [-0.1, -0.05) is 30.3 Å². The van der Waals surface area contributed by atoms with Crippen LogP contribution in [0.3, 0.4) is 0 Å². The minimum Gasteiger partial charge on any atom is -0.480 e. The van der Waals surface area contributed by atoms with Gasteiger partial charge in [-0.2, -0.15) is 0 Å². The van der Waals surface area contributed by atoms with Crippen molar-refractivity contribution in [1.82, 2.24) is 5.32 Å². The van der Waals surface area contributed by atoms with E-state index >= 15 is 0 Å². The van der Waals surface area contributed by atoms with Crippen LogP contribution in [0.15, 0.2) is 30.3 Å². The van der Waals surface area contributed by atoms with Crippen molar-refractivity contribution in [2.24, 2.45) is 0 Å². The average Bonchev–Trinajstić information content (AvgIpc) is 2.33. The van der Waals surface area contributed by atoms with Crippen molar-refractivity contribution in [2.45, 2.75) is 32.2 Å². The zero-order chi connectivity index (χ0) is 14.5. The molecular weight excluding hydrogens is 253 g/mol. The number of alkyl halides is 1. The molecule has 2 N–H and O–H groups in total. The fraction of sp³-hybridized carbons (Fsp3) is 0.385.